The number of aliphatic carboxylic acids is 1. The second-order valence-corrected chi connectivity index (χ2v) is 8.71. The van der Waals surface area contributed by atoms with Gasteiger partial charge in [-0.3, -0.25) is 9.78 Å². The largest absolute Gasteiger partial charge is 0.478 e. The van der Waals surface area contributed by atoms with Crippen LogP contribution in [-0.2, 0) is 16.1 Å². The molecule has 8 heteroatoms. The van der Waals surface area contributed by atoms with Crippen molar-refractivity contribution in [2.24, 2.45) is 0 Å². The highest BCUT2D eigenvalue weighted by molar-refractivity contribution is 6.05. The third-order valence-corrected chi connectivity index (χ3v) is 4.75. The van der Waals surface area contributed by atoms with E-state index in [1.165, 1.54) is 6.08 Å². The molecule has 0 aliphatic rings. The van der Waals surface area contributed by atoms with Crippen molar-refractivity contribution >= 4 is 29.7 Å². The van der Waals surface area contributed by atoms with E-state index in [0.717, 1.165) is 17.2 Å². The average molecular weight is 474 g/mol. The number of benzene rings is 2. The van der Waals surface area contributed by atoms with E-state index < -0.39 is 17.7 Å². The van der Waals surface area contributed by atoms with Crippen LogP contribution in [0.1, 0.15) is 42.3 Å². The number of carboxylic acids is 1. The molecule has 0 unspecified atom stereocenters. The Morgan fingerprint density at radius 2 is 1.77 bits per heavy atom. The molecule has 0 saturated carbocycles. The first-order chi connectivity index (χ1) is 16.6. The molecule has 0 spiro atoms. The van der Waals surface area contributed by atoms with E-state index in [4.69, 9.17) is 9.84 Å². The molecule has 0 aliphatic heterocycles. The lowest BCUT2D eigenvalue weighted by molar-refractivity contribution is -0.131. The topological polar surface area (TPSA) is 118 Å². The Bertz CT molecular complexity index is 1250. The van der Waals surface area contributed by atoms with Gasteiger partial charge >= 0.3 is 12.1 Å². The second kappa shape index (κ2) is 11.1. The van der Waals surface area contributed by atoms with Crippen LogP contribution in [0.5, 0.6) is 0 Å². The molecule has 0 fully saturated rings. The third-order valence-electron chi connectivity index (χ3n) is 4.75. The van der Waals surface area contributed by atoms with Crippen molar-refractivity contribution in [2.45, 2.75) is 32.9 Å². The molecule has 8 nitrogen and oxygen atoms in total. The number of carboxylic acid groups (broad SMARTS) is 1. The predicted octanol–water partition coefficient (Wildman–Crippen LogP) is 5.12. The smallest absolute Gasteiger partial charge is 0.407 e. The van der Waals surface area contributed by atoms with Crippen molar-refractivity contribution in [3.05, 3.63) is 89.8 Å². The normalized spacial score (nSPS) is 11.2. The highest BCUT2D eigenvalue weighted by Crippen LogP contribution is 2.27. The third kappa shape index (κ3) is 7.82. The summed E-state index contributed by atoms with van der Waals surface area (Å²) in [6, 6.07) is 15.8. The van der Waals surface area contributed by atoms with Gasteiger partial charge in [-0.25, -0.2) is 9.59 Å². The first kappa shape index (κ1) is 25.2. The van der Waals surface area contributed by atoms with E-state index in [2.05, 4.69) is 15.6 Å². The molecule has 0 saturated heterocycles. The number of amides is 2. The Hall–Kier alpha value is -4.46. The Balaban J connectivity index is 1.94. The van der Waals surface area contributed by atoms with Crippen LogP contribution < -0.4 is 10.6 Å². The van der Waals surface area contributed by atoms with Crippen LogP contribution in [0.25, 0.3) is 17.2 Å². The molecule has 1 heterocycles. The van der Waals surface area contributed by atoms with Crippen LogP contribution in [0.2, 0.25) is 0 Å². The minimum Gasteiger partial charge on any atom is -0.478 e. The lowest BCUT2D eigenvalue weighted by atomic mass is 9.95. The van der Waals surface area contributed by atoms with Crippen molar-refractivity contribution in [3.63, 3.8) is 0 Å². The Kier molecular flexibility index (Phi) is 7.99. The molecule has 180 valence electrons. The molecule has 3 N–H and O–H groups in total. The van der Waals surface area contributed by atoms with Crippen LogP contribution >= 0.6 is 0 Å². The van der Waals surface area contributed by atoms with Gasteiger partial charge in [0.1, 0.15) is 5.60 Å². The fourth-order valence-electron chi connectivity index (χ4n) is 3.24. The molecular weight excluding hydrogens is 446 g/mol. The number of ether oxygens (including phenoxy) is 1. The van der Waals surface area contributed by atoms with E-state index in [-0.39, 0.29) is 12.5 Å². The van der Waals surface area contributed by atoms with Gasteiger partial charge in [0.2, 0.25) is 0 Å². The van der Waals surface area contributed by atoms with Crippen LogP contribution in [-0.4, -0.2) is 33.7 Å². The molecule has 2 aromatic carbocycles. The minimum absolute atomic E-state index is 0.172. The second-order valence-electron chi connectivity index (χ2n) is 8.71. The number of carbonyl (C=O) groups excluding carboxylic acids is 2. The van der Waals surface area contributed by atoms with Gasteiger partial charge in [0, 0.05) is 36.3 Å². The molecule has 0 aliphatic carbocycles. The monoisotopic (exact) mass is 473 g/mol. The average Bonchev–Trinajstić information content (AvgIpc) is 2.81. The Labute approximate surface area is 203 Å². The highest BCUT2D eigenvalue weighted by atomic mass is 16.6. The molecule has 3 aromatic rings. The van der Waals surface area contributed by atoms with E-state index in [1.54, 1.807) is 75.6 Å². The van der Waals surface area contributed by atoms with Crippen LogP contribution in [0.3, 0.4) is 0 Å². The number of nitrogens with zero attached hydrogens (tertiary/aromatic N) is 1. The van der Waals surface area contributed by atoms with E-state index in [9.17, 15) is 14.4 Å². The summed E-state index contributed by atoms with van der Waals surface area (Å²) in [5.41, 5.74) is 3.32. The summed E-state index contributed by atoms with van der Waals surface area (Å²) < 4.78 is 5.32. The number of pyridine rings is 1. The number of anilines is 1. The molecule has 1 aromatic heterocycles. The molecule has 0 radical (unpaired) electrons. The molecule has 35 heavy (non-hydrogen) atoms. The van der Waals surface area contributed by atoms with Gasteiger partial charge in [-0.15, -0.1) is 0 Å². The lowest BCUT2D eigenvalue weighted by Gasteiger charge is -2.20. The summed E-state index contributed by atoms with van der Waals surface area (Å²) in [6.07, 6.45) is 5.17. The van der Waals surface area contributed by atoms with Gasteiger partial charge in [0.15, 0.2) is 0 Å². The SMILES string of the molecule is CC(C)(C)OC(=O)NCc1ccc(C(=O)Nc2ccncc2)cc1-c1cccc(C=CC(=O)O)c1. The number of hydrogen-bond acceptors (Lipinski definition) is 5. The van der Waals surface area contributed by atoms with Crippen molar-refractivity contribution in [2.75, 3.05) is 5.32 Å². The van der Waals surface area contributed by atoms with Gasteiger partial charge in [0.05, 0.1) is 0 Å². The number of carbonyl (C=O) groups is 3. The van der Waals surface area contributed by atoms with Gasteiger partial charge < -0.3 is 20.5 Å². The van der Waals surface area contributed by atoms with Gasteiger partial charge in [-0.1, -0.05) is 24.3 Å². The zero-order valence-electron chi connectivity index (χ0n) is 19.7. The maximum Gasteiger partial charge on any atom is 0.407 e. The summed E-state index contributed by atoms with van der Waals surface area (Å²) in [6.45, 7) is 5.52. The number of rotatable bonds is 7. The zero-order valence-corrected chi connectivity index (χ0v) is 19.7. The van der Waals surface area contributed by atoms with Crippen molar-refractivity contribution in [1.82, 2.24) is 10.3 Å². The summed E-state index contributed by atoms with van der Waals surface area (Å²) in [4.78, 5) is 39.9. The van der Waals surface area contributed by atoms with E-state index >= 15 is 0 Å². The number of alkyl carbamates (subject to hydrolysis) is 1. The van der Waals surface area contributed by atoms with Crippen LogP contribution in [0.15, 0.2) is 73.1 Å². The number of hydrogen-bond donors (Lipinski definition) is 3. The number of aromatic nitrogens is 1. The van der Waals surface area contributed by atoms with Crippen LogP contribution in [0.4, 0.5) is 10.5 Å². The van der Waals surface area contributed by atoms with Gasteiger partial charge in [0.25, 0.3) is 5.91 Å². The van der Waals surface area contributed by atoms with Crippen molar-refractivity contribution in [1.29, 1.82) is 0 Å². The fourth-order valence-corrected chi connectivity index (χ4v) is 3.24. The molecule has 2 amide bonds. The van der Waals surface area contributed by atoms with E-state index in [1.807, 2.05) is 12.1 Å². The van der Waals surface area contributed by atoms with Gasteiger partial charge in [-0.05, 0) is 79.4 Å². The first-order valence-corrected chi connectivity index (χ1v) is 10.9. The quantitative estimate of drug-likeness (QED) is 0.410. The minimum atomic E-state index is -1.05. The highest BCUT2D eigenvalue weighted by Gasteiger charge is 2.17. The molecule has 3 rings (SSSR count). The van der Waals surface area contributed by atoms with Crippen molar-refractivity contribution < 1.29 is 24.2 Å². The summed E-state index contributed by atoms with van der Waals surface area (Å²) in [5, 5.41) is 14.5. The Morgan fingerprint density at radius 3 is 2.46 bits per heavy atom. The maximum absolute atomic E-state index is 12.9. The number of nitrogens with one attached hydrogen (secondary N) is 2. The van der Waals surface area contributed by atoms with Crippen LogP contribution in [0, 0.1) is 0 Å². The summed E-state index contributed by atoms with van der Waals surface area (Å²) >= 11 is 0. The van der Waals surface area contributed by atoms with Gasteiger partial charge in [-0.2, -0.15) is 0 Å². The maximum atomic E-state index is 12.9. The first-order valence-electron chi connectivity index (χ1n) is 10.9. The lowest BCUT2D eigenvalue weighted by Crippen LogP contribution is -2.32. The fraction of sp³-hybridized carbons (Fsp3) is 0.185. The predicted molar refractivity (Wildman–Crippen MR) is 134 cm³/mol. The molecule has 0 atom stereocenters. The standard InChI is InChI=1S/C27H27N3O5/c1-27(2,3)35-26(34)29-17-21-9-8-20(25(33)30-22-11-13-28-14-12-22)16-23(21)19-6-4-5-18(15-19)7-10-24(31)32/h4-16H,17H2,1-3H3,(H,29,34)(H,31,32)(H,28,30,33). The van der Waals surface area contributed by atoms with Crippen molar-refractivity contribution in [3.8, 4) is 11.1 Å². The Morgan fingerprint density at radius 1 is 1.03 bits per heavy atom. The zero-order chi connectivity index (χ0) is 25.4. The molecular formula is C27H27N3O5. The summed E-state index contributed by atoms with van der Waals surface area (Å²) in [7, 11) is 0. The summed E-state index contributed by atoms with van der Waals surface area (Å²) in [5.74, 6) is -1.35. The molecule has 0 bridgehead atoms. The van der Waals surface area contributed by atoms with E-state index in [0.29, 0.717) is 22.4 Å².